The molecule has 0 unspecified atom stereocenters. The Morgan fingerprint density at radius 3 is 2.94 bits per heavy atom. The van der Waals surface area contributed by atoms with Crippen LogP contribution in [-0.4, -0.2) is 15.0 Å². The molecule has 0 saturated carbocycles. The zero-order valence-electron chi connectivity index (χ0n) is 9.82. The number of anilines is 1. The summed E-state index contributed by atoms with van der Waals surface area (Å²) >= 11 is 9.25. The van der Waals surface area contributed by atoms with Gasteiger partial charge in [0.2, 0.25) is 0 Å². The van der Waals surface area contributed by atoms with Crippen LogP contribution in [0.5, 0.6) is 0 Å². The Labute approximate surface area is 119 Å². The van der Waals surface area contributed by atoms with Crippen LogP contribution < -0.4 is 5.32 Å². The van der Waals surface area contributed by atoms with Crippen LogP contribution in [0.1, 0.15) is 18.2 Å². The number of aryl methyl sites for hydroxylation is 1. The van der Waals surface area contributed by atoms with Crippen LogP contribution in [0.25, 0.3) is 0 Å². The minimum atomic E-state index is 0.393. The second kappa shape index (κ2) is 6.11. The summed E-state index contributed by atoms with van der Waals surface area (Å²) in [6.45, 7) is 2.72. The highest BCUT2D eigenvalue weighted by atomic mass is 79.9. The maximum Gasteiger partial charge on any atom is 0.148 e. The first kappa shape index (κ1) is 13.2. The van der Waals surface area contributed by atoms with Gasteiger partial charge in [0, 0.05) is 6.20 Å². The first-order valence-electron chi connectivity index (χ1n) is 5.55. The molecule has 1 N–H and O–H groups in total. The van der Waals surface area contributed by atoms with Gasteiger partial charge in [-0.3, -0.25) is 4.98 Å². The first-order valence-corrected chi connectivity index (χ1v) is 6.72. The van der Waals surface area contributed by atoms with E-state index in [0.717, 1.165) is 12.1 Å². The highest BCUT2D eigenvalue weighted by Gasteiger charge is 2.07. The molecule has 94 valence electrons. The quantitative estimate of drug-likeness (QED) is 0.874. The Morgan fingerprint density at radius 1 is 1.33 bits per heavy atom. The molecule has 0 bridgehead atoms. The van der Waals surface area contributed by atoms with Crippen LogP contribution in [0.4, 0.5) is 5.82 Å². The Bertz CT molecular complexity index is 547. The van der Waals surface area contributed by atoms with Gasteiger partial charge < -0.3 is 5.32 Å². The molecular formula is C12H12BrClN4. The van der Waals surface area contributed by atoms with E-state index in [0.29, 0.717) is 22.0 Å². The van der Waals surface area contributed by atoms with Crippen molar-refractivity contribution in [3.63, 3.8) is 0 Å². The fraction of sp³-hybridized carbons (Fsp3) is 0.250. The standard InChI is InChI=1S/C12H12BrClN4/c1-2-8-4-3-5-15-9(8)6-16-12-10(13)11(14)17-7-18-12/h3-5,7H,2,6H2,1H3,(H,16,17,18). The van der Waals surface area contributed by atoms with Crippen molar-refractivity contribution >= 4 is 33.3 Å². The predicted octanol–water partition coefficient (Wildman–Crippen LogP) is 3.46. The highest BCUT2D eigenvalue weighted by molar-refractivity contribution is 9.10. The molecule has 0 atom stereocenters. The Kier molecular flexibility index (Phi) is 4.49. The van der Waals surface area contributed by atoms with Crippen LogP contribution >= 0.6 is 27.5 Å². The van der Waals surface area contributed by atoms with Gasteiger partial charge in [-0.05, 0) is 34.0 Å². The van der Waals surface area contributed by atoms with Crippen LogP contribution in [0.2, 0.25) is 5.15 Å². The molecule has 2 rings (SSSR count). The highest BCUT2D eigenvalue weighted by Crippen LogP contribution is 2.26. The Hall–Kier alpha value is -1.20. The number of pyridine rings is 1. The molecule has 0 aliphatic carbocycles. The van der Waals surface area contributed by atoms with Gasteiger partial charge in [0.15, 0.2) is 0 Å². The number of hydrogen-bond acceptors (Lipinski definition) is 4. The summed E-state index contributed by atoms with van der Waals surface area (Å²) in [5.41, 5.74) is 2.24. The van der Waals surface area contributed by atoms with Crippen molar-refractivity contribution in [2.45, 2.75) is 19.9 Å². The van der Waals surface area contributed by atoms with Crippen molar-refractivity contribution in [3.05, 3.63) is 45.5 Å². The second-order valence-corrected chi connectivity index (χ2v) is 4.79. The number of nitrogens with one attached hydrogen (secondary N) is 1. The molecule has 2 heterocycles. The van der Waals surface area contributed by atoms with Crippen molar-refractivity contribution in [3.8, 4) is 0 Å². The maximum absolute atomic E-state index is 5.90. The summed E-state index contributed by atoms with van der Waals surface area (Å²) in [6.07, 6.45) is 4.17. The molecule has 6 heteroatoms. The average Bonchev–Trinajstić information content (AvgIpc) is 2.41. The Morgan fingerprint density at radius 2 is 2.17 bits per heavy atom. The van der Waals surface area contributed by atoms with Crippen LogP contribution in [0.15, 0.2) is 29.1 Å². The van der Waals surface area contributed by atoms with Gasteiger partial charge in [-0.15, -0.1) is 0 Å². The number of aromatic nitrogens is 3. The smallest absolute Gasteiger partial charge is 0.148 e. The number of halogens is 2. The monoisotopic (exact) mass is 326 g/mol. The summed E-state index contributed by atoms with van der Waals surface area (Å²) in [5.74, 6) is 0.669. The van der Waals surface area contributed by atoms with Gasteiger partial charge in [-0.1, -0.05) is 24.6 Å². The second-order valence-electron chi connectivity index (χ2n) is 3.64. The molecule has 2 aromatic rings. The van der Waals surface area contributed by atoms with E-state index in [2.05, 4.69) is 49.2 Å². The predicted molar refractivity (Wildman–Crippen MR) is 75.7 cm³/mol. The van der Waals surface area contributed by atoms with Crippen molar-refractivity contribution in [1.82, 2.24) is 15.0 Å². The van der Waals surface area contributed by atoms with Gasteiger partial charge in [0.1, 0.15) is 17.3 Å². The van der Waals surface area contributed by atoms with E-state index in [1.807, 2.05) is 6.07 Å². The SMILES string of the molecule is CCc1cccnc1CNc1ncnc(Cl)c1Br. The van der Waals surface area contributed by atoms with Gasteiger partial charge in [0.05, 0.1) is 16.7 Å². The van der Waals surface area contributed by atoms with Crippen molar-refractivity contribution in [2.75, 3.05) is 5.32 Å². The normalized spacial score (nSPS) is 10.4. The average molecular weight is 328 g/mol. The lowest BCUT2D eigenvalue weighted by Gasteiger charge is -2.09. The molecule has 2 aromatic heterocycles. The van der Waals surface area contributed by atoms with Gasteiger partial charge in [-0.25, -0.2) is 9.97 Å². The Balaban J connectivity index is 2.14. The fourth-order valence-electron chi connectivity index (χ4n) is 1.59. The van der Waals surface area contributed by atoms with Crippen molar-refractivity contribution < 1.29 is 0 Å². The van der Waals surface area contributed by atoms with Crippen molar-refractivity contribution in [1.29, 1.82) is 0 Å². The van der Waals surface area contributed by atoms with E-state index >= 15 is 0 Å². The van der Waals surface area contributed by atoms with E-state index in [9.17, 15) is 0 Å². The zero-order valence-corrected chi connectivity index (χ0v) is 12.2. The lowest BCUT2D eigenvalue weighted by molar-refractivity contribution is 0.959. The molecule has 0 saturated heterocycles. The fourth-order valence-corrected chi connectivity index (χ4v) is 2.07. The molecule has 0 aromatic carbocycles. The third-order valence-electron chi connectivity index (χ3n) is 2.54. The molecule has 4 nitrogen and oxygen atoms in total. The van der Waals surface area contributed by atoms with Gasteiger partial charge in [0.25, 0.3) is 0 Å². The lowest BCUT2D eigenvalue weighted by atomic mass is 10.1. The van der Waals surface area contributed by atoms with Crippen LogP contribution in [-0.2, 0) is 13.0 Å². The van der Waals surface area contributed by atoms with E-state index < -0.39 is 0 Å². The molecule has 0 spiro atoms. The zero-order chi connectivity index (χ0) is 13.0. The minimum Gasteiger partial charge on any atom is -0.363 e. The number of hydrogen-bond donors (Lipinski definition) is 1. The molecule has 0 aliphatic heterocycles. The summed E-state index contributed by atoms with van der Waals surface area (Å²) < 4.78 is 0.667. The summed E-state index contributed by atoms with van der Waals surface area (Å²) in [7, 11) is 0. The molecule has 0 fully saturated rings. The largest absolute Gasteiger partial charge is 0.363 e. The third kappa shape index (κ3) is 2.97. The molecule has 0 radical (unpaired) electrons. The van der Waals surface area contributed by atoms with Crippen LogP contribution in [0, 0.1) is 0 Å². The van der Waals surface area contributed by atoms with E-state index in [4.69, 9.17) is 11.6 Å². The molecule has 0 amide bonds. The topological polar surface area (TPSA) is 50.7 Å². The molecular weight excluding hydrogens is 316 g/mol. The number of rotatable bonds is 4. The maximum atomic E-state index is 5.90. The van der Waals surface area contributed by atoms with Crippen molar-refractivity contribution in [2.24, 2.45) is 0 Å². The van der Waals surface area contributed by atoms with Gasteiger partial charge in [-0.2, -0.15) is 0 Å². The number of nitrogens with zero attached hydrogens (tertiary/aromatic N) is 3. The summed E-state index contributed by atoms with van der Waals surface area (Å²) in [4.78, 5) is 12.4. The minimum absolute atomic E-state index is 0.393. The van der Waals surface area contributed by atoms with E-state index in [1.54, 1.807) is 6.20 Å². The van der Waals surface area contributed by atoms with E-state index in [1.165, 1.54) is 11.9 Å². The van der Waals surface area contributed by atoms with E-state index in [-0.39, 0.29) is 0 Å². The van der Waals surface area contributed by atoms with Gasteiger partial charge >= 0.3 is 0 Å². The third-order valence-corrected chi connectivity index (χ3v) is 3.80. The van der Waals surface area contributed by atoms with Crippen LogP contribution in [0.3, 0.4) is 0 Å². The first-order chi connectivity index (χ1) is 8.72. The lowest BCUT2D eigenvalue weighted by Crippen LogP contribution is -2.07. The summed E-state index contributed by atoms with van der Waals surface area (Å²) in [5, 5.41) is 3.59. The molecule has 18 heavy (non-hydrogen) atoms. The summed E-state index contributed by atoms with van der Waals surface area (Å²) in [6, 6.07) is 4.02. The molecule has 0 aliphatic rings.